The number of carbonyl (C=O) groups excluding carboxylic acids is 2. The number of rotatable bonds is 8. The van der Waals surface area contributed by atoms with Crippen LogP contribution in [0, 0.1) is 0 Å². The Hall–Kier alpha value is -3.96. The Labute approximate surface area is 203 Å². The highest BCUT2D eigenvalue weighted by atomic mass is 35.5. The lowest BCUT2D eigenvalue weighted by atomic mass is 9.68. The average Bonchev–Trinajstić information content (AvgIpc) is 2.87. The van der Waals surface area contributed by atoms with Crippen molar-refractivity contribution in [3.05, 3.63) is 137 Å². The van der Waals surface area contributed by atoms with E-state index in [4.69, 9.17) is 17.3 Å². The van der Waals surface area contributed by atoms with Gasteiger partial charge in [0.25, 0.3) is 0 Å². The van der Waals surface area contributed by atoms with E-state index >= 15 is 0 Å². The summed E-state index contributed by atoms with van der Waals surface area (Å²) in [5.41, 5.74) is 7.59. The van der Waals surface area contributed by atoms with Crippen molar-refractivity contribution in [2.24, 2.45) is 5.73 Å². The van der Waals surface area contributed by atoms with Crippen molar-refractivity contribution in [3.63, 3.8) is 0 Å². The normalized spacial score (nSPS) is 12.0. The first-order valence-corrected chi connectivity index (χ1v) is 11.3. The fourth-order valence-electron chi connectivity index (χ4n) is 4.21. The quantitative estimate of drug-likeness (QED) is 0.298. The van der Waals surface area contributed by atoms with E-state index in [0.717, 1.165) is 22.3 Å². The predicted molar refractivity (Wildman–Crippen MR) is 133 cm³/mol. The molecule has 0 aliphatic heterocycles. The molecule has 5 nitrogen and oxygen atoms in total. The van der Waals surface area contributed by atoms with Gasteiger partial charge in [0.05, 0.1) is 0 Å². The van der Waals surface area contributed by atoms with Crippen molar-refractivity contribution in [2.45, 2.75) is 17.9 Å². The zero-order valence-electron chi connectivity index (χ0n) is 18.4. The van der Waals surface area contributed by atoms with Crippen LogP contribution in [-0.4, -0.2) is 22.8 Å². The maximum Gasteiger partial charge on any atom is 0.240 e. The molecule has 0 unspecified atom stereocenters. The highest BCUT2D eigenvalue weighted by molar-refractivity contribution is 6.29. The second-order valence-electron chi connectivity index (χ2n) is 7.97. The fraction of sp³-hybridized carbons (Fsp3) is 0.107. The van der Waals surface area contributed by atoms with Crippen molar-refractivity contribution in [1.29, 1.82) is 0 Å². The Morgan fingerprint density at radius 1 is 0.794 bits per heavy atom. The van der Waals surface area contributed by atoms with Crippen LogP contribution in [-0.2, 0) is 21.4 Å². The lowest BCUT2D eigenvalue weighted by Gasteiger charge is -2.35. The summed E-state index contributed by atoms with van der Waals surface area (Å²) in [5.74, 6) is -0.979. The van der Waals surface area contributed by atoms with Gasteiger partial charge in [-0.3, -0.25) is 9.59 Å². The van der Waals surface area contributed by atoms with E-state index in [2.05, 4.69) is 10.3 Å². The minimum Gasteiger partial charge on any atom is -0.368 e. The lowest BCUT2D eigenvalue weighted by Crippen LogP contribution is -2.54. The summed E-state index contributed by atoms with van der Waals surface area (Å²) in [7, 11) is 0. The highest BCUT2D eigenvalue weighted by Crippen LogP contribution is 2.39. The molecule has 3 aromatic carbocycles. The van der Waals surface area contributed by atoms with Gasteiger partial charge >= 0.3 is 0 Å². The molecule has 4 aromatic rings. The fourth-order valence-corrected chi connectivity index (χ4v) is 4.32. The second-order valence-corrected chi connectivity index (χ2v) is 8.36. The van der Waals surface area contributed by atoms with Crippen molar-refractivity contribution < 1.29 is 9.59 Å². The molecular weight excluding hydrogens is 446 g/mol. The first kappa shape index (κ1) is 23.2. The SMILES string of the molecule is NC(=O)[C@H](Cc1ccc(Cl)nc1)NC(=O)C(c1ccccc1)(c1ccccc1)c1ccccc1. The molecule has 1 heterocycles. The second kappa shape index (κ2) is 10.3. The summed E-state index contributed by atoms with van der Waals surface area (Å²) in [5, 5.41) is 3.29. The number of amides is 2. The van der Waals surface area contributed by atoms with E-state index < -0.39 is 17.4 Å². The number of primary amides is 1. The van der Waals surface area contributed by atoms with Gasteiger partial charge in [-0.15, -0.1) is 0 Å². The number of carbonyl (C=O) groups is 2. The Balaban J connectivity index is 1.83. The van der Waals surface area contributed by atoms with Gasteiger partial charge in [0.15, 0.2) is 0 Å². The predicted octanol–water partition coefficient (Wildman–Crippen LogP) is 4.28. The van der Waals surface area contributed by atoms with Gasteiger partial charge in [0.1, 0.15) is 16.6 Å². The standard InChI is InChI=1S/C28H24ClN3O2/c29-25-17-16-20(19-31-25)18-24(26(30)33)32-27(34)28(21-10-4-1-5-11-21,22-12-6-2-7-13-22)23-14-8-3-9-15-23/h1-17,19,24H,18H2,(H2,30,33)(H,32,34)/t24-/m0/s1. The van der Waals surface area contributed by atoms with Gasteiger partial charge in [-0.25, -0.2) is 4.98 Å². The maximum absolute atomic E-state index is 14.3. The summed E-state index contributed by atoms with van der Waals surface area (Å²) in [4.78, 5) is 30.7. The van der Waals surface area contributed by atoms with Gasteiger partial charge in [-0.05, 0) is 28.3 Å². The van der Waals surface area contributed by atoms with Crippen molar-refractivity contribution >= 4 is 23.4 Å². The number of halogens is 1. The zero-order chi connectivity index (χ0) is 24.0. The molecule has 4 rings (SSSR count). The molecule has 0 saturated carbocycles. The van der Waals surface area contributed by atoms with Gasteiger partial charge in [-0.1, -0.05) is 109 Å². The van der Waals surface area contributed by atoms with E-state index in [9.17, 15) is 9.59 Å². The van der Waals surface area contributed by atoms with Crippen LogP contribution < -0.4 is 11.1 Å². The maximum atomic E-state index is 14.3. The van der Waals surface area contributed by atoms with Crippen LogP contribution in [0.1, 0.15) is 22.3 Å². The molecular formula is C28H24ClN3O2. The van der Waals surface area contributed by atoms with E-state index in [-0.39, 0.29) is 12.3 Å². The first-order chi connectivity index (χ1) is 16.5. The molecule has 6 heteroatoms. The van der Waals surface area contributed by atoms with Crippen LogP contribution in [0.4, 0.5) is 0 Å². The monoisotopic (exact) mass is 469 g/mol. The van der Waals surface area contributed by atoms with E-state index in [0.29, 0.717) is 5.15 Å². The number of nitrogens with zero attached hydrogens (tertiary/aromatic N) is 1. The third-order valence-corrected chi connectivity index (χ3v) is 6.06. The molecule has 0 fully saturated rings. The molecule has 0 aliphatic rings. The molecule has 3 N–H and O–H groups in total. The highest BCUT2D eigenvalue weighted by Gasteiger charge is 2.44. The van der Waals surface area contributed by atoms with Crippen LogP contribution in [0.25, 0.3) is 0 Å². The van der Waals surface area contributed by atoms with Crippen LogP contribution in [0.2, 0.25) is 5.15 Å². The van der Waals surface area contributed by atoms with Crippen LogP contribution in [0.5, 0.6) is 0 Å². The topological polar surface area (TPSA) is 85.1 Å². The number of nitrogens with two attached hydrogens (primary N) is 1. The van der Waals surface area contributed by atoms with Crippen LogP contribution in [0.15, 0.2) is 109 Å². The molecule has 1 aromatic heterocycles. The van der Waals surface area contributed by atoms with Gasteiger partial charge < -0.3 is 11.1 Å². The summed E-state index contributed by atoms with van der Waals surface area (Å²) in [6, 6.07) is 31.1. The number of aromatic nitrogens is 1. The molecule has 1 atom stereocenters. The Kier molecular flexibility index (Phi) is 7.04. The zero-order valence-corrected chi connectivity index (χ0v) is 19.2. The van der Waals surface area contributed by atoms with Crippen molar-refractivity contribution in [1.82, 2.24) is 10.3 Å². The minimum atomic E-state index is -1.20. The summed E-state index contributed by atoms with van der Waals surface area (Å²) in [6.07, 6.45) is 1.77. The molecule has 2 amide bonds. The molecule has 0 aliphatic carbocycles. The average molecular weight is 470 g/mol. The third kappa shape index (κ3) is 4.70. The Morgan fingerprint density at radius 2 is 1.26 bits per heavy atom. The third-order valence-electron chi connectivity index (χ3n) is 5.84. The van der Waals surface area contributed by atoms with Gasteiger partial charge in [-0.2, -0.15) is 0 Å². The van der Waals surface area contributed by atoms with Crippen molar-refractivity contribution in [2.75, 3.05) is 0 Å². The molecule has 34 heavy (non-hydrogen) atoms. The summed E-state index contributed by atoms with van der Waals surface area (Å²) < 4.78 is 0. The number of nitrogens with one attached hydrogen (secondary N) is 1. The molecule has 170 valence electrons. The van der Waals surface area contributed by atoms with E-state index in [1.165, 1.54) is 0 Å². The number of benzene rings is 3. The molecule has 0 bridgehead atoms. The van der Waals surface area contributed by atoms with Crippen LogP contribution >= 0.6 is 11.6 Å². The van der Waals surface area contributed by atoms with E-state index in [1.807, 2.05) is 91.0 Å². The summed E-state index contributed by atoms with van der Waals surface area (Å²) in [6.45, 7) is 0. The van der Waals surface area contributed by atoms with Crippen molar-refractivity contribution in [3.8, 4) is 0 Å². The molecule has 0 radical (unpaired) electrons. The molecule has 0 saturated heterocycles. The van der Waals surface area contributed by atoms with Crippen LogP contribution in [0.3, 0.4) is 0 Å². The Bertz CT molecular complexity index is 1150. The largest absolute Gasteiger partial charge is 0.368 e. The number of hydrogen-bond donors (Lipinski definition) is 2. The Morgan fingerprint density at radius 3 is 1.65 bits per heavy atom. The smallest absolute Gasteiger partial charge is 0.240 e. The molecule has 0 spiro atoms. The minimum absolute atomic E-state index is 0.194. The number of hydrogen-bond acceptors (Lipinski definition) is 3. The van der Waals surface area contributed by atoms with Gasteiger partial charge in [0, 0.05) is 12.6 Å². The summed E-state index contributed by atoms with van der Waals surface area (Å²) >= 11 is 5.89. The number of pyridine rings is 1. The van der Waals surface area contributed by atoms with E-state index in [1.54, 1.807) is 18.3 Å². The van der Waals surface area contributed by atoms with Gasteiger partial charge in [0.2, 0.25) is 11.8 Å². The first-order valence-electron chi connectivity index (χ1n) is 10.9. The lowest BCUT2D eigenvalue weighted by molar-refractivity contribution is -0.129.